The molecule has 0 saturated carbocycles. The zero-order valence-corrected chi connectivity index (χ0v) is 8.31. The molecule has 76 valence electrons. The van der Waals surface area contributed by atoms with E-state index in [1.807, 2.05) is 12.1 Å². The van der Waals surface area contributed by atoms with Gasteiger partial charge in [-0.25, -0.2) is 0 Å². The van der Waals surface area contributed by atoms with Crippen LogP contribution in [0.2, 0.25) is 0 Å². The van der Waals surface area contributed by atoms with Crippen LogP contribution in [0, 0.1) is 0 Å². The normalized spacial score (nSPS) is 10.2. The standard InChI is InChI=1S/C10H15BO3/c1-14-8-4-6-9-5-2-3-7-10(9)11(12)13/h2-3,5,7,12-13H,4,6,8H2,1H3. The van der Waals surface area contributed by atoms with Gasteiger partial charge in [-0.2, -0.15) is 0 Å². The first-order valence-electron chi connectivity index (χ1n) is 4.68. The molecule has 0 amide bonds. The molecule has 4 heteroatoms. The highest BCUT2D eigenvalue weighted by atomic mass is 16.5. The van der Waals surface area contributed by atoms with Crippen LogP contribution in [-0.2, 0) is 11.2 Å². The van der Waals surface area contributed by atoms with E-state index in [0.29, 0.717) is 12.1 Å². The molecular formula is C10H15BO3. The Morgan fingerprint density at radius 2 is 2.00 bits per heavy atom. The summed E-state index contributed by atoms with van der Waals surface area (Å²) in [5, 5.41) is 18.2. The highest BCUT2D eigenvalue weighted by Gasteiger charge is 2.14. The molecule has 0 bridgehead atoms. The molecule has 0 heterocycles. The van der Waals surface area contributed by atoms with Crippen molar-refractivity contribution >= 4 is 12.6 Å². The second-order valence-electron chi connectivity index (χ2n) is 3.17. The predicted octanol–water partition coefficient (Wildman–Crippen LogP) is -0.0546. The molecule has 1 aromatic rings. The topological polar surface area (TPSA) is 49.7 Å². The van der Waals surface area contributed by atoms with E-state index in [1.165, 1.54) is 0 Å². The lowest BCUT2D eigenvalue weighted by Crippen LogP contribution is -2.32. The van der Waals surface area contributed by atoms with Gasteiger partial charge in [0.1, 0.15) is 0 Å². The lowest BCUT2D eigenvalue weighted by atomic mass is 9.76. The number of hydrogen-bond donors (Lipinski definition) is 2. The van der Waals surface area contributed by atoms with E-state index >= 15 is 0 Å². The minimum Gasteiger partial charge on any atom is -0.423 e. The van der Waals surface area contributed by atoms with Gasteiger partial charge in [0.25, 0.3) is 0 Å². The Bertz CT molecular complexity index is 276. The van der Waals surface area contributed by atoms with E-state index in [2.05, 4.69) is 0 Å². The van der Waals surface area contributed by atoms with E-state index < -0.39 is 7.12 Å². The van der Waals surface area contributed by atoms with Gasteiger partial charge < -0.3 is 14.8 Å². The van der Waals surface area contributed by atoms with Crippen LogP contribution in [0.3, 0.4) is 0 Å². The number of hydrogen-bond acceptors (Lipinski definition) is 3. The molecule has 3 nitrogen and oxygen atoms in total. The van der Waals surface area contributed by atoms with Gasteiger partial charge in [-0.15, -0.1) is 0 Å². The van der Waals surface area contributed by atoms with Gasteiger partial charge >= 0.3 is 7.12 Å². The molecule has 2 N–H and O–H groups in total. The van der Waals surface area contributed by atoms with E-state index in [9.17, 15) is 0 Å². The Balaban J connectivity index is 2.64. The second kappa shape index (κ2) is 5.80. The van der Waals surface area contributed by atoms with Crippen LogP contribution >= 0.6 is 0 Å². The van der Waals surface area contributed by atoms with Gasteiger partial charge in [-0.3, -0.25) is 0 Å². The predicted molar refractivity (Wildman–Crippen MR) is 56.5 cm³/mol. The largest absolute Gasteiger partial charge is 0.488 e. The molecule has 1 aromatic carbocycles. The molecule has 14 heavy (non-hydrogen) atoms. The van der Waals surface area contributed by atoms with Crippen LogP contribution in [0.5, 0.6) is 0 Å². The van der Waals surface area contributed by atoms with Gasteiger partial charge in [0.15, 0.2) is 0 Å². The Morgan fingerprint density at radius 1 is 1.29 bits per heavy atom. The summed E-state index contributed by atoms with van der Waals surface area (Å²) >= 11 is 0. The highest BCUT2D eigenvalue weighted by molar-refractivity contribution is 6.59. The van der Waals surface area contributed by atoms with Crippen LogP contribution in [0.25, 0.3) is 0 Å². The third-order valence-electron chi connectivity index (χ3n) is 2.13. The SMILES string of the molecule is COCCCc1ccccc1B(O)O. The third kappa shape index (κ3) is 3.14. The van der Waals surface area contributed by atoms with Gasteiger partial charge in [0.2, 0.25) is 0 Å². The summed E-state index contributed by atoms with van der Waals surface area (Å²) in [5.41, 5.74) is 1.56. The van der Waals surface area contributed by atoms with Crippen LogP contribution in [0.1, 0.15) is 12.0 Å². The molecule has 0 saturated heterocycles. The van der Waals surface area contributed by atoms with Crippen molar-refractivity contribution < 1.29 is 14.8 Å². The average Bonchev–Trinajstić information content (AvgIpc) is 2.19. The van der Waals surface area contributed by atoms with Crippen molar-refractivity contribution in [3.63, 3.8) is 0 Å². The summed E-state index contributed by atoms with van der Waals surface area (Å²) in [6.45, 7) is 0.690. The van der Waals surface area contributed by atoms with E-state index in [0.717, 1.165) is 18.4 Å². The van der Waals surface area contributed by atoms with Crippen molar-refractivity contribution in [3.05, 3.63) is 29.8 Å². The van der Waals surface area contributed by atoms with Crippen molar-refractivity contribution in [1.29, 1.82) is 0 Å². The summed E-state index contributed by atoms with van der Waals surface area (Å²) in [7, 11) is 0.279. The smallest absolute Gasteiger partial charge is 0.423 e. The highest BCUT2D eigenvalue weighted by Crippen LogP contribution is 2.01. The fraction of sp³-hybridized carbons (Fsp3) is 0.400. The molecule has 0 radical (unpaired) electrons. The lowest BCUT2D eigenvalue weighted by Gasteiger charge is -2.07. The maximum absolute atomic E-state index is 9.09. The number of methoxy groups -OCH3 is 1. The number of ether oxygens (including phenoxy) is 1. The molecule has 0 spiro atoms. The maximum atomic E-state index is 9.09. The van der Waals surface area contributed by atoms with Gasteiger partial charge in [-0.1, -0.05) is 24.3 Å². The molecule has 0 unspecified atom stereocenters. The fourth-order valence-corrected chi connectivity index (χ4v) is 1.42. The average molecular weight is 194 g/mol. The van der Waals surface area contributed by atoms with E-state index in [-0.39, 0.29) is 0 Å². The summed E-state index contributed by atoms with van der Waals surface area (Å²) in [5.74, 6) is 0. The first kappa shape index (κ1) is 11.2. The fourth-order valence-electron chi connectivity index (χ4n) is 1.42. The molecule has 0 aliphatic rings. The van der Waals surface area contributed by atoms with Gasteiger partial charge in [0.05, 0.1) is 0 Å². The Hall–Kier alpha value is -0.835. The van der Waals surface area contributed by atoms with Crippen molar-refractivity contribution in [1.82, 2.24) is 0 Å². The monoisotopic (exact) mass is 194 g/mol. The molecule has 0 fully saturated rings. The van der Waals surface area contributed by atoms with Crippen LogP contribution in [-0.4, -0.2) is 30.9 Å². The van der Waals surface area contributed by atoms with Gasteiger partial charge in [-0.05, 0) is 23.9 Å². The maximum Gasteiger partial charge on any atom is 0.488 e. The first-order valence-corrected chi connectivity index (χ1v) is 4.68. The summed E-state index contributed by atoms with van der Waals surface area (Å²) < 4.78 is 4.94. The Kier molecular flexibility index (Phi) is 4.66. The quantitative estimate of drug-likeness (QED) is 0.510. The van der Waals surface area contributed by atoms with Crippen molar-refractivity contribution in [2.24, 2.45) is 0 Å². The number of benzene rings is 1. The van der Waals surface area contributed by atoms with Crippen molar-refractivity contribution in [2.75, 3.05) is 13.7 Å². The molecule has 0 aliphatic heterocycles. The van der Waals surface area contributed by atoms with Crippen LogP contribution in [0.4, 0.5) is 0 Å². The molecule has 0 aromatic heterocycles. The minimum atomic E-state index is -1.38. The summed E-state index contributed by atoms with van der Waals surface area (Å²) in [6.07, 6.45) is 1.70. The number of aryl methyl sites for hydroxylation is 1. The van der Waals surface area contributed by atoms with Crippen molar-refractivity contribution in [2.45, 2.75) is 12.8 Å². The third-order valence-corrected chi connectivity index (χ3v) is 2.13. The number of rotatable bonds is 5. The lowest BCUT2D eigenvalue weighted by molar-refractivity contribution is 0.195. The molecule has 0 atom stereocenters. The molecular weight excluding hydrogens is 179 g/mol. The first-order chi connectivity index (χ1) is 6.75. The van der Waals surface area contributed by atoms with Crippen LogP contribution in [0.15, 0.2) is 24.3 Å². The Morgan fingerprint density at radius 3 is 2.64 bits per heavy atom. The Labute approximate surface area is 84.5 Å². The second-order valence-corrected chi connectivity index (χ2v) is 3.17. The molecule has 0 aliphatic carbocycles. The molecule has 1 rings (SSSR count). The van der Waals surface area contributed by atoms with Gasteiger partial charge in [0, 0.05) is 13.7 Å². The minimum absolute atomic E-state index is 0.587. The summed E-state index contributed by atoms with van der Waals surface area (Å²) in [4.78, 5) is 0. The zero-order valence-electron chi connectivity index (χ0n) is 8.31. The van der Waals surface area contributed by atoms with E-state index in [4.69, 9.17) is 14.8 Å². The van der Waals surface area contributed by atoms with Crippen molar-refractivity contribution in [3.8, 4) is 0 Å². The zero-order chi connectivity index (χ0) is 10.4. The van der Waals surface area contributed by atoms with Crippen LogP contribution < -0.4 is 5.46 Å². The summed E-state index contributed by atoms with van der Waals surface area (Å²) in [6, 6.07) is 7.33. The van der Waals surface area contributed by atoms with E-state index in [1.54, 1.807) is 19.2 Å².